The van der Waals surface area contributed by atoms with Crippen molar-refractivity contribution in [2.45, 2.75) is 25.0 Å². The first-order valence-corrected chi connectivity index (χ1v) is 10.4. The van der Waals surface area contributed by atoms with E-state index >= 15 is 0 Å². The molecular formula is C18H17N3O6S2. The lowest BCUT2D eigenvalue weighted by atomic mass is 10.2. The Hall–Kier alpha value is -2.92. The number of nitrogens with zero attached hydrogens (tertiary/aromatic N) is 2. The number of aliphatic carboxylic acids is 1. The molecule has 0 aliphatic carbocycles. The van der Waals surface area contributed by atoms with Gasteiger partial charge < -0.3 is 15.2 Å². The zero-order valence-corrected chi connectivity index (χ0v) is 16.9. The summed E-state index contributed by atoms with van der Waals surface area (Å²) in [4.78, 5) is 53.2. The highest BCUT2D eigenvalue weighted by molar-refractivity contribution is 8.15. The van der Waals surface area contributed by atoms with Gasteiger partial charge in [0.2, 0.25) is 11.8 Å². The van der Waals surface area contributed by atoms with Gasteiger partial charge in [0, 0.05) is 11.8 Å². The molecular weight excluding hydrogens is 418 g/mol. The summed E-state index contributed by atoms with van der Waals surface area (Å²) in [5.41, 5.74) is 0.677. The van der Waals surface area contributed by atoms with E-state index in [0.29, 0.717) is 23.7 Å². The molecule has 152 valence electrons. The predicted octanol–water partition coefficient (Wildman–Crippen LogP) is 2.77. The van der Waals surface area contributed by atoms with Crippen LogP contribution >= 0.6 is 23.1 Å². The number of hydrogen-bond donors (Lipinski definition) is 2. The van der Waals surface area contributed by atoms with Crippen molar-refractivity contribution in [3.05, 3.63) is 35.3 Å². The summed E-state index contributed by atoms with van der Waals surface area (Å²) >= 11 is 1.87. The lowest BCUT2D eigenvalue weighted by Crippen LogP contribution is -2.33. The van der Waals surface area contributed by atoms with Gasteiger partial charge in [-0.1, -0.05) is 12.1 Å². The third kappa shape index (κ3) is 4.93. The van der Waals surface area contributed by atoms with E-state index in [0.717, 1.165) is 28.0 Å². The minimum atomic E-state index is -1.02. The van der Waals surface area contributed by atoms with Crippen LogP contribution in [0, 0.1) is 0 Å². The fraction of sp³-hybridized carbons (Fsp3) is 0.278. The highest BCUT2D eigenvalue weighted by atomic mass is 32.2. The third-order valence-corrected chi connectivity index (χ3v) is 5.67. The number of ether oxygens (including phenoxy) is 1. The summed E-state index contributed by atoms with van der Waals surface area (Å²) in [5, 5.41) is 11.7. The van der Waals surface area contributed by atoms with Crippen LogP contribution in [-0.4, -0.2) is 45.0 Å². The first-order chi connectivity index (χ1) is 13.9. The van der Waals surface area contributed by atoms with Crippen molar-refractivity contribution in [3.8, 4) is 5.75 Å². The van der Waals surface area contributed by atoms with Gasteiger partial charge in [0.15, 0.2) is 5.13 Å². The van der Waals surface area contributed by atoms with Crippen molar-refractivity contribution in [1.82, 2.24) is 4.98 Å². The maximum atomic E-state index is 12.8. The molecule has 0 radical (unpaired) electrons. The van der Waals surface area contributed by atoms with Crippen LogP contribution in [0.4, 0.5) is 15.6 Å². The molecule has 1 aromatic heterocycles. The Kier molecular flexibility index (Phi) is 6.49. The van der Waals surface area contributed by atoms with E-state index in [9.17, 15) is 19.2 Å². The molecule has 0 bridgehead atoms. The van der Waals surface area contributed by atoms with Crippen LogP contribution in [0.1, 0.15) is 19.0 Å². The summed E-state index contributed by atoms with van der Waals surface area (Å²) in [6.45, 7) is 2.18. The second-order valence-electron chi connectivity index (χ2n) is 5.91. The average Bonchev–Trinajstić information content (AvgIpc) is 3.19. The Morgan fingerprint density at radius 2 is 2.07 bits per heavy atom. The van der Waals surface area contributed by atoms with E-state index in [4.69, 9.17) is 9.84 Å². The number of imide groups is 1. The van der Waals surface area contributed by atoms with Gasteiger partial charge >= 0.3 is 5.97 Å². The molecule has 1 aromatic carbocycles. The maximum absolute atomic E-state index is 12.8. The number of rotatable bonds is 8. The zero-order valence-electron chi connectivity index (χ0n) is 15.3. The Bertz CT molecular complexity index is 961. The van der Waals surface area contributed by atoms with E-state index in [2.05, 4.69) is 10.3 Å². The van der Waals surface area contributed by atoms with Gasteiger partial charge in [0.05, 0.1) is 24.4 Å². The summed E-state index contributed by atoms with van der Waals surface area (Å²) in [5.74, 6) is -1.59. The molecule has 0 saturated carbocycles. The van der Waals surface area contributed by atoms with Crippen molar-refractivity contribution in [2.24, 2.45) is 0 Å². The topological polar surface area (TPSA) is 126 Å². The predicted molar refractivity (Wildman–Crippen MR) is 109 cm³/mol. The van der Waals surface area contributed by atoms with Crippen molar-refractivity contribution in [1.29, 1.82) is 0 Å². The molecule has 2 heterocycles. The molecule has 1 saturated heterocycles. The first-order valence-electron chi connectivity index (χ1n) is 8.61. The Balaban J connectivity index is 1.66. The van der Waals surface area contributed by atoms with Crippen molar-refractivity contribution < 1.29 is 29.0 Å². The molecule has 1 aliphatic heterocycles. The number of para-hydroxylation sites is 2. The molecule has 1 atom stereocenters. The summed E-state index contributed by atoms with van der Waals surface area (Å²) in [6.07, 6.45) is -0.456. The number of thiazole rings is 1. The number of carbonyl (C=O) groups excluding carboxylic acids is 3. The summed E-state index contributed by atoms with van der Waals surface area (Å²) in [6, 6.07) is 6.72. The molecule has 29 heavy (non-hydrogen) atoms. The Morgan fingerprint density at radius 3 is 2.79 bits per heavy atom. The smallest absolute Gasteiger partial charge is 0.309 e. The van der Waals surface area contributed by atoms with Crippen LogP contribution in [0.5, 0.6) is 5.75 Å². The van der Waals surface area contributed by atoms with Crippen molar-refractivity contribution in [2.75, 3.05) is 16.8 Å². The fourth-order valence-electron chi connectivity index (χ4n) is 2.66. The number of nitrogens with one attached hydrogen (secondary N) is 1. The SMILES string of the molecule is CCOc1ccccc1N1C(=O)SC(CC(=O)Nc2nc(CC(=O)O)cs2)C1=O. The van der Waals surface area contributed by atoms with Gasteiger partial charge in [-0.05, 0) is 30.8 Å². The fourth-order valence-corrected chi connectivity index (χ4v) is 4.37. The Labute approximate surface area is 174 Å². The number of carboxylic acids is 1. The van der Waals surface area contributed by atoms with Gasteiger partial charge in [0.1, 0.15) is 11.0 Å². The molecule has 11 heteroatoms. The quantitative estimate of drug-likeness (QED) is 0.648. The monoisotopic (exact) mass is 435 g/mol. The van der Waals surface area contributed by atoms with Gasteiger partial charge in [-0.25, -0.2) is 9.88 Å². The molecule has 2 aromatic rings. The molecule has 1 aliphatic rings. The molecule has 1 unspecified atom stereocenters. The summed E-state index contributed by atoms with van der Waals surface area (Å²) in [7, 11) is 0. The summed E-state index contributed by atoms with van der Waals surface area (Å²) < 4.78 is 5.49. The van der Waals surface area contributed by atoms with Crippen molar-refractivity contribution in [3.63, 3.8) is 0 Å². The highest BCUT2D eigenvalue weighted by Gasteiger charge is 2.42. The lowest BCUT2D eigenvalue weighted by molar-refractivity contribution is -0.136. The second-order valence-corrected chi connectivity index (χ2v) is 7.93. The standard InChI is InChI=1S/C18H17N3O6S2/c1-2-27-12-6-4-3-5-11(12)21-16(25)13(29-18(21)26)8-14(22)20-17-19-10(9-28-17)7-15(23)24/h3-6,9,13H,2,7-8H2,1H3,(H,23,24)(H,19,20,22). The molecule has 9 nitrogen and oxygen atoms in total. The highest BCUT2D eigenvalue weighted by Crippen LogP contribution is 2.38. The van der Waals surface area contributed by atoms with Gasteiger partial charge in [-0.2, -0.15) is 0 Å². The molecule has 3 amide bonds. The number of carboxylic acid groups (broad SMARTS) is 1. The van der Waals surface area contributed by atoms with Crippen LogP contribution in [0.3, 0.4) is 0 Å². The minimum absolute atomic E-state index is 0.212. The molecule has 2 N–H and O–H groups in total. The largest absolute Gasteiger partial charge is 0.492 e. The van der Waals surface area contributed by atoms with E-state index in [-0.39, 0.29) is 18.0 Å². The van der Waals surface area contributed by atoms with Crippen LogP contribution < -0.4 is 15.0 Å². The average molecular weight is 435 g/mol. The lowest BCUT2D eigenvalue weighted by Gasteiger charge is -2.17. The van der Waals surface area contributed by atoms with E-state index in [1.54, 1.807) is 31.2 Å². The molecule has 0 spiro atoms. The number of thioether (sulfide) groups is 1. The Morgan fingerprint density at radius 1 is 1.31 bits per heavy atom. The maximum Gasteiger partial charge on any atom is 0.309 e. The van der Waals surface area contributed by atoms with Gasteiger partial charge in [-0.15, -0.1) is 11.3 Å². The first kappa shape index (κ1) is 20.8. The van der Waals surface area contributed by atoms with E-state index < -0.39 is 28.3 Å². The van der Waals surface area contributed by atoms with Crippen LogP contribution in [0.15, 0.2) is 29.6 Å². The number of anilines is 2. The second kappa shape index (κ2) is 9.05. The number of amides is 3. The number of benzene rings is 1. The van der Waals surface area contributed by atoms with Crippen molar-refractivity contribution >= 4 is 56.9 Å². The molecule has 1 fully saturated rings. The number of carbonyl (C=O) groups is 4. The van der Waals surface area contributed by atoms with Crippen LogP contribution in [0.2, 0.25) is 0 Å². The van der Waals surface area contributed by atoms with Crippen LogP contribution in [0.25, 0.3) is 0 Å². The van der Waals surface area contributed by atoms with Gasteiger partial charge in [0.25, 0.3) is 5.24 Å². The van der Waals surface area contributed by atoms with E-state index in [1.807, 2.05) is 0 Å². The van der Waals surface area contributed by atoms with Gasteiger partial charge in [-0.3, -0.25) is 19.2 Å². The normalized spacial score (nSPS) is 16.2. The van der Waals surface area contributed by atoms with E-state index in [1.165, 1.54) is 5.38 Å². The minimum Gasteiger partial charge on any atom is -0.492 e. The third-order valence-electron chi connectivity index (χ3n) is 3.83. The zero-order chi connectivity index (χ0) is 21.0. The van der Waals surface area contributed by atoms with Crippen LogP contribution in [-0.2, 0) is 20.8 Å². The molecule has 3 rings (SSSR count). The number of aromatic nitrogens is 1. The number of hydrogen-bond acceptors (Lipinski definition) is 8.